The Morgan fingerprint density at radius 1 is 1.15 bits per heavy atom. The van der Waals surface area contributed by atoms with Crippen LogP contribution in [0.2, 0.25) is 0 Å². The molecule has 0 heterocycles. The first-order valence-electron chi connectivity index (χ1n) is 7.99. The van der Waals surface area contributed by atoms with Gasteiger partial charge in [0.1, 0.15) is 0 Å². The van der Waals surface area contributed by atoms with Crippen molar-refractivity contribution in [3.8, 4) is 0 Å². The van der Waals surface area contributed by atoms with Crippen LogP contribution in [0.1, 0.15) is 64.7 Å². The smallest absolute Gasteiger partial charge is 0.321 e. The summed E-state index contributed by atoms with van der Waals surface area (Å²) in [4.78, 5) is 23.6. The summed E-state index contributed by atoms with van der Waals surface area (Å²) >= 11 is 0. The third-order valence-electron chi connectivity index (χ3n) is 5.52. The van der Waals surface area contributed by atoms with Gasteiger partial charge in [-0.3, -0.25) is 9.59 Å². The molecular weight excluding hydrogens is 256 g/mol. The second-order valence-electron chi connectivity index (χ2n) is 6.68. The fraction of sp³-hybridized carbons (Fsp3) is 0.875. The second-order valence-corrected chi connectivity index (χ2v) is 6.68. The fourth-order valence-corrected chi connectivity index (χ4v) is 4.55. The van der Waals surface area contributed by atoms with E-state index < -0.39 is 17.4 Å². The largest absolute Gasteiger partial charge is 0.480 e. The molecule has 3 atom stereocenters. The van der Waals surface area contributed by atoms with Gasteiger partial charge in [0, 0.05) is 0 Å². The van der Waals surface area contributed by atoms with Gasteiger partial charge >= 0.3 is 11.9 Å². The van der Waals surface area contributed by atoms with E-state index in [9.17, 15) is 19.8 Å². The third-order valence-corrected chi connectivity index (χ3v) is 5.52. The first-order chi connectivity index (χ1) is 9.52. The van der Waals surface area contributed by atoms with E-state index in [1.54, 1.807) is 0 Å². The van der Waals surface area contributed by atoms with Gasteiger partial charge in [0.2, 0.25) is 0 Å². The normalized spacial score (nSPS) is 32.4. The molecule has 0 radical (unpaired) electrons. The minimum atomic E-state index is -1.53. The molecule has 3 unspecified atom stereocenters. The minimum Gasteiger partial charge on any atom is -0.480 e. The second kappa shape index (κ2) is 6.15. The third kappa shape index (κ3) is 2.57. The summed E-state index contributed by atoms with van der Waals surface area (Å²) in [6, 6.07) is 0. The Morgan fingerprint density at radius 2 is 1.80 bits per heavy atom. The zero-order valence-electron chi connectivity index (χ0n) is 12.3. The summed E-state index contributed by atoms with van der Waals surface area (Å²) in [7, 11) is 0. The van der Waals surface area contributed by atoms with Crippen LogP contribution in [0.3, 0.4) is 0 Å². The Morgan fingerprint density at radius 3 is 2.40 bits per heavy atom. The summed E-state index contributed by atoms with van der Waals surface area (Å²) in [5, 5.41) is 19.3. The molecule has 0 aromatic rings. The maximum absolute atomic E-state index is 11.8. The molecule has 0 aromatic heterocycles. The molecule has 0 bridgehead atoms. The summed E-state index contributed by atoms with van der Waals surface area (Å²) in [5.74, 6) is -1.82. The van der Waals surface area contributed by atoms with Crippen molar-refractivity contribution in [1.82, 2.24) is 0 Å². The van der Waals surface area contributed by atoms with Gasteiger partial charge in [-0.1, -0.05) is 45.4 Å². The van der Waals surface area contributed by atoms with Gasteiger partial charge in [0.25, 0.3) is 0 Å². The van der Waals surface area contributed by atoms with Crippen LogP contribution in [-0.4, -0.2) is 22.2 Å². The summed E-state index contributed by atoms with van der Waals surface area (Å²) in [6.45, 7) is 2.12. The SMILES string of the molecule is CCCCC1CC2CCCCC2C(C(=O)O)(C(=O)O)C1. The van der Waals surface area contributed by atoms with Crippen LogP contribution in [0, 0.1) is 23.2 Å². The van der Waals surface area contributed by atoms with Crippen molar-refractivity contribution in [2.24, 2.45) is 23.2 Å². The van der Waals surface area contributed by atoms with E-state index in [0.29, 0.717) is 12.3 Å². The van der Waals surface area contributed by atoms with E-state index in [1.807, 2.05) is 0 Å². The number of hydrogen-bond donors (Lipinski definition) is 2. The average molecular weight is 282 g/mol. The lowest BCUT2D eigenvalue weighted by Gasteiger charge is -2.48. The van der Waals surface area contributed by atoms with Crippen LogP contribution in [-0.2, 0) is 9.59 Å². The van der Waals surface area contributed by atoms with Gasteiger partial charge in [0.05, 0.1) is 0 Å². The molecule has 2 rings (SSSR count). The first-order valence-corrected chi connectivity index (χ1v) is 7.99. The highest BCUT2D eigenvalue weighted by molar-refractivity contribution is 5.98. The molecule has 114 valence electrons. The van der Waals surface area contributed by atoms with Crippen LogP contribution in [0.15, 0.2) is 0 Å². The van der Waals surface area contributed by atoms with Gasteiger partial charge in [-0.2, -0.15) is 0 Å². The van der Waals surface area contributed by atoms with E-state index in [4.69, 9.17) is 0 Å². The van der Waals surface area contributed by atoms with E-state index >= 15 is 0 Å². The molecular formula is C16H26O4. The van der Waals surface area contributed by atoms with Crippen molar-refractivity contribution >= 4 is 11.9 Å². The van der Waals surface area contributed by atoms with Crippen LogP contribution in [0.4, 0.5) is 0 Å². The molecule has 0 aromatic carbocycles. The van der Waals surface area contributed by atoms with Crippen LogP contribution in [0.25, 0.3) is 0 Å². The van der Waals surface area contributed by atoms with E-state index in [-0.39, 0.29) is 11.8 Å². The number of unbranched alkanes of at least 4 members (excludes halogenated alkanes) is 1. The lowest BCUT2D eigenvalue weighted by atomic mass is 9.54. The molecule has 2 saturated carbocycles. The first kappa shape index (κ1) is 15.3. The number of aliphatic carboxylic acids is 2. The molecule has 20 heavy (non-hydrogen) atoms. The quantitative estimate of drug-likeness (QED) is 0.756. The predicted molar refractivity (Wildman–Crippen MR) is 75.4 cm³/mol. The predicted octanol–water partition coefficient (Wildman–Crippen LogP) is 3.55. The Bertz CT molecular complexity index is 363. The highest BCUT2D eigenvalue weighted by Crippen LogP contribution is 2.54. The molecule has 0 saturated heterocycles. The maximum atomic E-state index is 11.8. The van der Waals surface area contributed by atoms with E-state index in [0.717, 1.165) is 51.4 Å². The monoisotopic (exact) mass is 282 g/mol. The molecule has 4 heteroatoms. The van der Waals surface area contributed by atoms with Crippen LogP contribution < -0.4 is 0 Å². The Hall–Kier alpha value is -1.06. The molecule has 0 aliphatic heterocycles. The molecule has 4 nitrogen and oxygen atoms in total. The van der Waals surface area contributed by atoms with Gasteiger partial charge in [0.15, 0.2) is 5.41 Å². The van der Waals surface area contributed by atoms with E-state index in [2.05, 4.69) is 6.92 Å². The molecule has 2 fully saturated rings. The minimum absolute atomic E-state index is 0.163. The summed E-state index contributed by atoms with van der Waals surface area (Å²) in [6.07, 6.45) is 8.36. The van der Waals surface area contributed by atoms with Crippen LogP contribution in [0.5, 0.6) is 0 Å². The van der Waals surface area contributed by atoms with Crippen molar-refractivity contribution < 1.29 is 19.8 Å². The number of rotatable bonds is 5. The molecule has 0 spiro atoms. The standard InChI is InChI=1S/C16H26O4/c1-2-3-6-11-9-12-7-4-5-8-13(12)16(10-11,14(17)18)15(19)20/h11-13H,2-10H2,1H3,(H,17,18)(H,19,20). The maximum Gasteiger partial charge on any atom is 0.321 e. The Labute approximate surface area is 120 Å². The number of carboxylic acids is 2. The molecule has 0 amide bonds. The lowest BCUT2D eigenvalue weighted by Crippen LogP contribution is -2.53. The number of hydrogen-bond acceptors (Lipinski definition) is 2. The highest BCUT2D eigenvalue weighted by Gasteiger charge is 2.58. The van der Waals surface area contributed by atoms with Crippen molar-refractivity contribution in [2.75, 3.05) is 0 Å². The molecule has 2 aliphatic rings. The fourth-order valence-electron chi connectivity index (χ4n) is 4.55. The van der Waals surface area contributed by atoms with Gasteiger partial charge in [-0.15, -0.1) is 0 Å². The average Bonchev–Trinajstić information content (AvgIpc) is 2.43. The number of fused-ring (bicyclic) bond motifs is 1. The zero-order valence-corrected chi connectivity index (χ0v) is 12.3. The molecule has 2 aliphatic carbocycles. The van der Waals surface area contributed by atoms with Crippen molar-refractivity contribution in [1.29, 1.82) is 0 Å². The van der Waals surface area contributed by atoms with E-state index in [1.165, 1.54) is 0 Å². The summed E-state index contributed by atoms with van der Waals surface area (Å²) < 4.78 is 0. The van der Waals surface area contributed by atoms with Gasteiger partial charge in [-0.05, 0) is 37.0 Å². The van der Waals surface area contributed by atoms with Gasteiger partial charge in [-0.25, -0.2) is 0 Å². The molecule has 2 N–H and O–H groups in total. The van der Waals surface area contributed by atoms with Gasteiger partial charge < -0.3 is 10.2 Å². The lowest BCUT2D eigenvalue weighted by molar-refractivity contribution is -0.179. The Balaban J connectivity index is 2.28. The van der Waals surface area contributed by atoms with Crippen molar-refractivity contribution in [3.05, 3.63) is 0 Å². The Kier molecular flexibility index (Phi) is 4.71. The topological polar surface area (TPSA) is 74.6 Å². The summed E-state index contributed by atoms with van der Waals surface area (Å²) in [5.41, 5.74) is -1.53. The number of carboxylic acid groups (broad SMARTS) is 2. The van der Waals surface area contributed by atoms with Crippen molar-refractivity contribution in [2.45, 2.75) is 64.7 Å². The zero-order chi connectivity index (χ0) is 14.8. The number of carbonyl (C=O) groups is 2. The van der Waals surface area contributed by atoms with Crippen molar-refractivity contribution in [3.63, 3.8) is 0 Å². The highest BCUT2D eigenvalue weighted by atomic mass is 16.4. The van der Waals surface area contributed by atoms with Crippen LogP contribution >= 0.6 is 0 Å².